The van der Waals surface area contributed by atoms with Crippen LogP contribution in [0.1, 0.15) is 24.2 Å². The van der Waals surface area contributed by atoms with Gasteiger partial charge in [0.25, 0.3) is 0 Å². The van der Waals surface area contributed by atoms with Crippen LogP contribution in [-0.2, 0) is 6.54 Å². The van der Waals surface area contributed by atoms with Crippen LogP contribution >= 0.6 is 23.2 Å². The van der Waals surface area contributed by atoms with Gasteiger partial charge in [-0.3, -0.25) is 4.68 Å². The molecular formula is C12H12Cl2FN3. The molecule has 2 N–H and O–H groups in total. The maximum absolute atomic E-state index is 13.9. The summed E-state index contributed by atoms with van der Waals surface area (Å²) in [5, 5.41) is 4.55. The van der Waals surface area contributed by atoms with E-state index in [2.05, 4.69) is 5.10 Å². The van der Waals surface area contributed by atoms with Crippen molar-refractivity contribution in [3.8, 4) is 0 Å². The van der Waals surface area contributed by atoms with Crippen molar-refractivity contribution >= 4 is 23.2 Å². The Morgan fingerprint density at radius 3 is 2.78 bits per heavy atom. The lowest BCUT2D eigenvalue weighted by Crippen LogP contribution is -2.19. The number of halogens is 3. The fraction of sp³-hybridized carbons (Fsp3) is 0.250. The lowest BCUT2D eigenvalue weighted by atomic mass is 10.0. The Labute approximate surface area is 114 Å². The van der Waals surface area contributed by atoms with Crippen LogP contribution in [-0.4, -0.2) is 9.78 Å². The maximum Gasteiger partial charge on any atom is 0.146 e. The molecule has 0 bridgehead atoms. The Balaban J connectivity index is 2.51. The van der Waals surface area contributed by atoms with Gasteiger partial charge >= 0.3 is 0 Å². The average molecular weight is 288 g/mol. The number of benzene rings is 1. The molecule has 1 atom stereocenters. The topological polar surface area (TPSA) is 43.8 Å². The van der Waals surface area contributed by atoms with Crippen LogP contribution in [0.5, 0.6) is 0 Å². The van der Waals surface area contributed by atoms with Crippen molar-refractivity contribution in [1.29, 1.82) is 0 Å². The van der Waals surface area contributed by atoms with Gasteiger partial charge < -0.3 is 5.73 Å². The van der Waals surface area contributed by atoms with Crippen LogP contribution < -0.4 is 5.73 Å². The molecule has 0 aliphatic rings. The molecule has 0 amide bonds. The van der Waals surface area contributed by atoms with Crippen molar-refractivity contribution in [2.45, 2.75) is 19.5 Å². The van der Waals surface area contributed by atoms with Gasteiger partial charge in [-0.15, -0.1) is 0 Å². The first kappa shape index (κ1) is 13.3. The first-order valence-electron chi connectivity index (χ1n) is 5.47. The van der Waals surface area contributed by atoms with E-state index in [9.17, 15) is 4.39 Å². The second kappa shape index (κ2) is 5.26. The summed E-state index contributed by atoms with van der Waals surface area (Å²) in [4.78, 5) is 0. The van der Waals surface area contributed by atoms with Gasteiger partial charge in [0, 0.05) is 12.1 Å². The highest BCUT2D eigenvalue weighted by Crippen LogP contribution is 2.30. The van der Waals surface area contributed by atoms with Gasteiger partial charge in [0.1, 0.15) is 5.82 Å². The summed E-state index contributed by atoms with van der Waals surface area (Å²) in [7, 11) is 0. The van der Waals surface area contributed by atoms with E-state index in [0.29, 0.717) is 22.8 Å². The Hall–Kier alpha value is -1.10. The number of nitrogens with zero attached hydrogens (tertiary/aromatic N) is 2. The van der Waals surface area contributed by atoms with Crippen LogP contribution in [0.2, 0.25) is 10.0 Å². The quantitative estimate of drug-likeness (QED) is 0.940. The zero-order valence-corrected chi connectivity index (χ0v) is 11.2. The molecule has 2 aromatic rings. The van der Waals surface area contributed by atoms with Gasteiger partial charge in [-0.05, 0) is 13.0 Å². The lowest BCUT2D eigenvalue weighted by Gasteiger charge is -2.15. The number of rotatable bonds is 3. The summed E-state index contributed by atoms with van der Waals surface area (Å²) in [6.45, 7) is 2.52. The van der Waals surface area contributed by atoms with E-state index in [4.69, 9.17) is 28.9 Å². The van der Waals surface area contributed by atoms with E-state index < -0.39 is 11.9 Å². The molecule has 0 aliphatic heterocycles. The molecule has 0 aliphatic carbocycles. The third-order valence-electron chi connectivity index (χ3n) is 2.74. The van der Waals surface area contributed by atoms with E-state index in [0.717, 1.165) is 0 Å². The van der Waals surface area contributed by atoms with Crippen molar-refractivity contribution in [1.82, 2.24) is 9.78 Å². The third-order valence-corrected chi connectivity index (χ3v) is 3.33. The van der Waals surface area contributed by atoms with Crippen molar-refractivity contribution in [3.63, 3.8) is 0 Å². The normalized spacial score (nSPS) is 12.7. The van der Waals surface area contributed by atoms with Crippen LogP contribution in [0.4, 0.5) is 4.39 Å². The molecule has 0 radical (unpaired) electrons. The van der Waals surface area contributed by atoms with Crippen molar-refractivity contribution in [2.75, 3.05) is 0 Å². The molecule has 0 spiro atoms. The molecule has 0 saturated carbocycles. The van der Waals surface area contributed by atoms with E-state index in [1.807, 2.05) is 6.92 Å². The summed E-state index contributed by atoms with van der Waals surface area (Å²) in [5.74, 6) is -0.522. The number of hydrogen-bond donors (Lipinski definition) is 1. The molecule has 1 unspecified atom stereocenters. The zero-order chi connectivity index (χ0) is 13.3. The van der Waals surface area contributed by atoms with Gasteiger partial charge in [0.05, 0.1) is 28.0 Å². The highest BCUT2D eigenvalue weighted by atomic mass is 35.5. The number of aromatic nitrogens is 2. The summed E-state index contributed by atoms with van der Waals surface area (Å²) in [6, 6.07) is 4.03. The Kier molecular flexibility index (Phi) is 3.90. The number of aryl methyl sites for hydroxylation is 1. The summed E-state index contributed by atoms with van der Waals surface area (Å²) in [6.07, 6.45) is 1.50. The lowest BCUT2D eigenvalue weighted by molar-refractivity contribution is 0.568. The monoisotopic (exact) mass is 287 g/mol. The van der Waals surface area contributed by atoms with Gasteiger partial charge in [0.15, 0.2) is 0 Å². The Morgan fingerprint density at radius 1 is 1.39 bits per heavy atom. The smallest absolute Gasteiger partial charge is 0.146 e. The Bertz CT molecular complexity index is 568. The van der Waals surface area contributed by atoms with Crippen LogP contribution in [0.3, 0.4) is 0 Å². The van der Waals surface area contributed by atoms with Crippen LogP contribution in [0.15, 0.2) is 24.4 Å². The van der Waals surface area contributed by atoms with Gasteiger partial charge in [-0.2, -0.15) is 5.10 Å². The molecule has 1 aromatic carbocycles. The number of hydrogen-bond acceptors (Lipinski definition) is 2. The molecule has 1 heterocycles. The third kappa shape index (κ3) is 2.23. The summed E-state index contributed by atoms with van der Waals surface area (Å²) >= 11 is 11.8. The van der Waals surface area contributed by atoms with Gasteiger partial charge in [0.2, 0.25) is 0 Å². The first-order valence-corrected chi connectivity index (χ1v) is 6.22. The fourth-order valence-corrected chi connectivity index (χ4v) is 2.28. The Morgan fingerprint density at radius 2 is 2.11 bits per heavy atom. The molecule has 6 heteroatoms. The molecule has 2 rings (SSSR count). The van der Waals surface area contributed by atoms with Crippen molar-refractivity contribution in [2.24, 2.45) is 5.73 Å². The minimum atomic E-state index is -0.696. The highest BCUT2D eigenvalue weighted by molar-refractivity contribution is 6.31. The highest BCUT2D eigenvalue weighted by Gasteiger charge is 2.21. The molecule has 96 valence electrons. The van der Waals surface area contributed by atoms with E-state index in [1.54, 1.807) is 16.8 Å². The maximum atomic E-state index is 13.9. The second-order valence-corrected chi connectivity index (χ2v) is 4.63. The number of nitrogens with two attached hydrogens (primary N) is 1. The minimum Gasteiger partial charge on any atom is -0.319 e. The average Bonchev–Trinajstić information content (AvgIpc) is 2.73. The predicted octanol–water partition coefficient (Wildman–Crippen LogP) is 3.40. The molecule has 18 heavy (non-hydrogen) atoms. The van der Waals surface area contributed by atoms with Crippen LogP contribution in [0, 0.1) is 5.82 Å². The van der Waals surface area contributed by atoms with E-state index in [1.165, 1.54) is 12.3 Å². The van der Waals surface area contributed by atoms with Gasteiger partial charge in [-0.1, -0.05) is 35.3 Å². The molecule has 0 fully saturated rings. The molecule has 1 aromatic heterocycles. The van der Waals surface area contributed by atoms with Crippen molar-refractivity contribution in [3.05, 3.63) is 51.5 Å². The minimum absolute atomic E-state index is 0.0432. The largest absolute Gasteiger partial charge is 0.319 e. The summed E-state index contributed by atoms with van der Waals surface area (Å²) < 4.78 is 15.6. The SMILES string of the molecule is CCn1ncc(Cl)c1C(N)c1cccc(Cl)c1F. The van der Waals surface area contributed by atoms with Crippen molar-refractivity contribution < 1.29 is 4.39 Å². The second-order valence-electron chi connectivity index (χ2n) is 3.81. The zero-order valence-electron chi connectivity index (χ0n) is 9.70. The molecule has 3 nitrogen and oxygen atoms in total. The standard InChI is InChI=1S/C12H12Cl2FN3/c1-2-18-12(9(14)6-17-18)11(16)7-4-3-5-8(13)10(7)15/h3-6,11H,2,16H2,1H3. The molecule has 0 saturated heterocycles. The fourth-order valence-electron chi connectivity index (χ4n) is 1.84. The molecular weight excluding hydrogens is 276 g/mol. The van der Waals surface area contributed by atoms with Crippen LogP contribution in [0.25, 0.3) is 0 Å². The predicted molar refractivity (Wildman–Crippen MR) is 70.4 cm³/mol. The van der Waals surface area contributed by atoms with Gasteiger partial charge in [-0.25, -0.2) is 4.39 Å². The van der Waals surface area contributed by atoms with E-state index >= 15 is 0 Å². The summed E-state index contributed by atoms with van der Waals surface area (Å²) in [5.41, 5.74) is 6.95. The van der Waals surface area contributed by atoms with E-state index in [-0.39, 0.29) is 5.02 Å². The first-order chi connectivity index (χ1) is 8.56.